The van der Waals surface area contributed by atoms with E-state index in [0.29, 0.717) is 46.4 Å². The van der Waals surface area contributed by atoms with Gasteiger partial charge in [0.15, 0.2) is 5.13 Å². The molecule has 4 rings (SSSR count). The van der Waals surface area contributed by atoms with Crippen molar-refractivity contribution in [2.45, 2.75) is 24.9 Å². The van der Waals surface area contributed by atoms with Crippen LogP contribution in [0.1, 0.15) is 38.8 Å². The van der Waals surface area contributed by atoms with Crippen molar-refractivity contribution in [3.8, 4) is 0 Å². The third kappa shape index (κ3) is 4.61. The first-order valence-corrected chi connectivity index (χ1v) is 10.6. The average molecular weight is 484 g/mol. The van der Waals surface area contributed by atoms with Crippen LogP contribution < -0.4 is 10.6 Å². The van der Waals surface area contributed by atoms with E-state index in [-0.39, 0.29) is 11.6 Å². The van der Waals surface area contributed by atoms with Crippen LogP contribution in [-0.2, 0) is 17.4 Å². The fourth-order valence-electron chi connectivity index (χ4n) is 3.36. The molecule has 0 bridgehead atoms. The number of halogens is 5. The summed E-state index contributed by atoms with van der Waals surface area (Å²) in [4.78, 5) is 30.2. The Balaban J connectivity index is 1.48. The topological polar surface area (TPSA) is 71.1 Å². The van der Waals surface area contributed by atoms with Gasteiger partial charge < -0.3 is 5.32 Å². The molecular formula is C21H14ClF4N3O2S. The number of carbonyl (C=O) groups is 2. The van der Waals surface area contributed by atoms with E-state index in [2.05, 4.69) is 15.6 Å². The SMILES string of the molecule is O=C(Nc1nc2c(s1)CCC2C(=O)Nc1ccc(F)c(C(F)(F)F)c1)c1ccc(Cl)cc1. The van der Waals surface area contributed by atoms with Gasteiger partial charge in [0.05, 0.1) is 17.2 Å². The lowest BCUT2D eigenvalue weighted by Crippen LogP contribution is -2.20. The second-order valence-electron chi connectivity index (χ2n) is 7.06. The Bertz CT molecular complexity index is 1190. The van der Waals surface area contributed by atoms with Gasteiger partial charge in [-0.25, -0.2) is 9.37 Å². The smallest absolute Gasteiger partial charge is 0.325 e. The molecule has 0 fully saturated rings. The Morgan fingerprint density at radius 2 is 1.81 bits per heavy atom. The van der Waals surface area contributed by atoms with Crippen molar-refractivity contribution in [2.75, 3.05) is 10.6 Å². The number of fused-ring (bicyclic) bond motifs is 1. The minimum atomic E-state index is -4.88. The molecule has 0 saturated heterocycles. The molecule has 1 aliphatic carbocycles. The zero-order valence-electron chi connectivity index (χ0n) is 16.1. The van der Waals surface area contributed by atoms with Gasteiger partial charge in [-0.05, 0) is 55.3 Å². The largest absolute Gasteiger partial charge is 0.419 e. The van der Waals surface area contributed by atoms with Crippen LogP contribution >= 0.6 is 22.9 Å². The summed E-state index contributed by atoms with van der Waals surface area (Å²) in [6.07, 6.45) is -3.91. The molecule has 0 radical (unpaired) electrons. The number of thiazole rings is 1. The molecule has 0 spiro atoms. The molecule has 0 saturated carbocycles. The highest BCUT2D eigenvalue weighted by atomic mass is 35.5. The van der Waals surface area contributed by atoms with Crippen LogP contribution in [0.5, 0.6) is 0 Å². The number of amides is 2. The highest BCUT2D eigenvalue weighted by Crippen LogP contribution is 2.39. The predicted molar refractivity (Wildman–Crippen MR) is 113 cm³/mol. The van der Waals surface area contributed by atoms with Crippen LogP contribution in [0.3, 0.4) is 0 Å². The van der Waals surface area contributed by atoms with E-state index in [1.807, 2.05) is 0 Å². The van der Waals surface area contributed by atoms with Gasteiger partial charge in [0.1, 0.15) is 5.82 Å². The predicted octanol–water partition coefficient (Wildman–Crippen LogP) is 5.88. The number of anilines is 2. The van der Waals surface area contributed by atoms with E-state index in [1.165, 1.54) is 11.3 Å². The maximum Gasteiger partial charge on any atom is 0.419 e. The summed E-state index contributed by atoms with van der Waals surface area (Å²) >= 11 is 7.05. The fraction of sp³-hybridized carbons (Fsp3) is 0.190. The molecule has 1 atom stereocenters. The van der Waals surface area contributed by atoms with Gasteiger partial charge in [-0.2, -0.15) is 13.2 Å². The molecule has 2 aromatic carbocycles. The summed E-state index contributed by atoms with van der Waals surface area (Å²) in [5.41, 5.74) is -0.764. The first-order chi connectivity index (χ1) is 15.1. The highest BCUT2D eigenvalue weighted by Gasteiger charge is 2.36. The number of rotatable bonds is 4. The molecule has 166 valence electrons. The zero-order valence-corrected chi connectivity index (χ0v) is 17.7. The number of hydrogen-bond donors (Lipinski definition) is 2. The minimum Gasteiger partial charge on any atom is -0.325 e. The molecule has 1 unspecified atom stereocenters. The number of aryl methyl sites for hydroxylation is 1. The quantitative estimate of drug-likeness (QED) is 0.455. The highest BCUT2D eigenvalue weighted by molar-refractivity contribution is 7.16. The van der Waals surface area contributed by atoms with Crippen LogP contribution in [0.25, 0.3) is 0 Å². The van der Waals surface area contributed by atoms with Gasteiger partial charge in [0, 0.05) is 21.2 Å². The molecule has 1 heterocycles. The minimum absolute atomic E-state index is 0.163. The van der Waals surface area contributed by atoms with Crippen LogP contribution in [-0.4, -0.2) is 16.8 Å². The summed E-state index contributed by atoms with van der Waals surface area (Å²) in [6, 6.07) is 8.57. The standard InChI is InChI=1S/C21H14ClF4N3O2S/c22-11-3-1-10(2-4-11)18(30)29-20-28-17-13(6-8-16(17)32-20)19(31)27-12-5-7-15(23)14(9-12)21(24,25)26/h1-5,7,9,13H,6,8H2,(H,27,31)(H,28,29,30). The molecule has 2 N–H and O–H groups in total. The van der Waals surface area contributed by atoms with Crippen molar-refractivity contribution in [3.63, 3.8) is 0 Å². The normalized spacial score (nSPS) is 15.3. The first kappa shape index (κ1) is 22.2. The molecule has 11 heteroatoms. The molecule has 3 aromatic rings. The average Bonchev–Trinajstić information content (AvgIpc) is 3.29. The fourth-order valence-corrected chi connectivity index (χ4v) is 4.52. The van der Waals surface area contributed by atoms with Crippen LogP contribution in [0.2, 0.25) is 5.02 Å². The van der Waals surface area contributed by atoms with Gasteiger partial charge in [0.25, 0.3) is 5.91 Å². The molecular weight excluding hydrogens is 470 g/mol. The van der Waals surface area contributed by atoms with E-state index in [9.17, 15) is 27.2 Å². The van der Waals surface area contributed by atoms with Gasteiger partial charge in [-0.3, -0.25) is 14.9 Å². The van der Waals surface area contributed by atoms with Crippen molar-refractivity contribution < 1.29 is 27.2 Å². The Morgan fingerprint density at radius 3 is 2.50 bits per heavy atom. The monoisotopic (exact) mass is 483 g/mol. The number of nitrogens with zero attached hydrogens (tertiary/aromatic N) is 1. The molecule has 0 aliphatic heterocycles. The van der Waals surface area contributed by atoms with E-state index >= 15 is 0 Å². The third-order valence-electron chi connectivity index (χ3n) is 4.90. The first-order valence-electron chi connectivity index (χ1n) is 9.36. The number of aromatic nitrogens is 1. The molecule has 5 nitrogen and oxygen atoms in total. The number of carbonyl (C=O) groups excluding carboxylic acids is 2. The Hall–Kier alpha value is -2.98. The summed E-state index contributed by atoms with van der Waals surface area (Å²) in [6.45, 7) is 0. The maximum absolute atomic E-state index is 13.5. The van der Waals surface area contributed by atoms with Crippen molar-refractivity contribution in [3.05, 3.63) is 75.0 Å². The van der Waals surface area contributed by atoms with E-state index < -0.39 is 29.4 Å². The van der Waals surface area contributed by atoms with Gasteiger partial charge in [-0.1, -0.05) is 11.6 Å². The lowest BCUT2D eigenvalue weighted by Gasteiger charge is -2.13. The van der Waals surface area contributed by atoms with Crippen molar-refractivity contribution in [2.24, 2.45) is 0 Å². The van der Waals surface area contributed by atoms with E-state index in [0.717, 1.165) is 10.9 Å². The number of nitrogens with one attached hydrogen (secondary N) is 2. The maximum atomic E-state index is 13.5. The van der Waals surface area contributed by atoms with Gasteiger partial charge >= 0.3 is 6.18 Å². The molecule has 1 aromatic heterocycles. The van der Waals surface area contributed by atoms with Gasteiger partial charge in [-0.15, -0.1) is 11.3 Å². The van der Waals surface area contributed by atoms with Crippen LogP contribution in [0.4, 0.5) is 28.4 Å². The Labute approximate surface area is 188 Å². The number of benzene rings is 2. The van der Waals surface area contributed by atoms with Crippen molar-refractivity contribution in [1.29, 1.82) is 0 Å². The molecule has 1 aliphatic rings. The van der Waals surface area contributed by atoms with Crippen LogP contribution in [0.15, 0.2) is 42.5 Å². The number of alkyl halides is 3. The van der Waals surface area contributed by atoms with E-state index in [4.69, 9.17) is 11.6 Å². The molecule has 32 heavy (non-hydrogen) atoms. The second-order valence-corrected chi connectivity index (χ2v) is 8.58. The van der Waals surface area contributed by atoms with Crippen LogP contribution in [0, 0.1) is 5.82 Å². The zero-order chi connectivity index (χ0) is 23.0. The third-order valence-corrected chi connectivity index (χ3v) is 6.20. The van der Waals surface area contributed by atoms with Crippen molar-refractivity contribution >= 4 is 45.6 Å². The Kier molecular flexibility index (Phi) is 5.91. The van der Waals surface area contributed by atoms with Crippen molar-refractivity contribution in [1.82, 2.24) is 4.98 Å². The lowest BCUT2D eigenvalue weighted by molar-refractivity contribution is -0.140. The van der Waals surface area contributed by atoms with E-state index in [1.54, 1.807) is 24.3 Å². The lowest BCUT2D eigenvalue weighted by atomic mass is 10.1. The Morgan fingerprint density at radius 1 is 1.09 bits per heavy atom. The summed E-state index contributed by atoms with van der Waals surface area (Å²) in [5.74, 6) is -3.05. The summed E-state index contributed by atoms with van der Waals surface area (Å²) < 4.78 is 52.2. The second kappa shape index (κ2) is 8.51. The molecule has 2 amide bonds. The summed E-state index contributed by atoms with van der Waals surface area (Å²) in [5, 5.41) is 5.88. The summed E-state index contributed by atoms with van der Waals surface area (Å²) in [7, 11) is 0. The number of hydrogen-bond acceptors (Lipinski definition) is 4. The van der Waals surface area contributed by atoms with Gasteiger partial charge in [0.2, 0.25) is 5.91 Å².